The largest absolute Gasteiger partial charge is 0.373 e. The van der Waals surface area contributed by atoms with Crippen LogP contribution in [0, 0.1) is 0 Å². The summed E-state index contributed by atoms with van der Waals surface area (Å²) in [5.41, 5.74) is 5.54. The van der Waals surface area contributed by atoms with Crippen LogP contribution in [0.5, 0.6) is 0 Å². The fourth-order valence-corrected chi connectivity index (χ4v) is 5.48. The molecule has 6 heteroatoms. The van der Waals surface area contributed by atoms with Gasteiger partial charge in [-0.3, -0.25) is 14.5 Å². The maximum Gasteiger partial charge on any atom is 0.231 e. The van der Waals surface area contributed by atoms with Crippen LogP contribution in [-0.2, 0) is 9.59 Å². The maximum atomic E-state index is 13.1. The highest BCUT2D eigenvalue weighted by molar-refractivity contribution is 5.95. The minimum absolute atomic E-state index is 0.197. The minimum Gasteiger partial charge on any atom is -0.373 e. The van der Waals surface area contributed by atoms with Gasteiger partial charge in [0.2, 0.25) is 11.8 Å². The first kappa shape index (κ1) is 40.0. The van der Waals surface area contributed by atoms with Crippen molar-refractivity contribution in [3.05, 3.63) is 0 Å². The van der Waals surface area contributed by atoms with Crippen LogP contribution in [-0.4, -0.2) is 47.7 Å². The van der Waals surface area contributed by atoms with Crippen LogP contribution in [0.25, 0.3) is 0 Å². The molecule has 0 heterocycles. The van der Waals surface area contributed by atoms with Gasteiger partial charge in [0.1, 0.15) is 6.23 Å². The molecular formula is C35H71N3O3. The number of unbranched alkanes of at least 4 members (excludes halogenated alkanes) is 20. The second-order valence-electron chi connectivity index (χ2n) is 12.2. The average Bonchev–Trinajstić information content (AvgIpc) is 2.96. The highest BCUT2D eigenvalue weighted by Crippen LogP contribution is 2.17. The molecule has 0 aromatic carbocycles. The number of aliphatic hydroxyl groups excluding tert-OH is 1. The van der Waals surface area contributed by atoms with Crippen molar-refractivity contribution in [2.75, 3.05) is 19.6 Å². The lowest BCUT2D eigenvalue weighted by atomic mass is 10.0. The quantitative estimate of drug-likeness (QED) is 0.0545. The van der Waals surface area contributed by atoms with Crippen LogP contribution in [0.2, 0.25) is 0 Å². The number of hydrogen-bond donors (Lipinski definition) is 3. The molecule has 41 heavy (non-hydrogen) atoms. The van der Waals surface area contributed by atoms with E-state index in [1.165, 1.54) is 108 Å². The predicted octanol–water partition coefficient (Wildman–Crippen LogP) is 8.78. The summed E-state index contributed by atoms with van der Waals surface area (Å²) in [4.78, 5) is 27.4. The summed E-state index contributed by atoms with van der Waals surface area (Å²) in [7, 11) is 0. The van der Waals surface area contributed by atoms with E-state index in [0.717, 1.165) is 64.5 Å². The molecule has 0 aromatic heterocycles. The Hall–Kier alpha value is -0.980. The Kier molecular flexibility index (Phi) is 31.2. The van der Waals surface area contributed by atoms with E-state index in [2.05, 4.69) is 19.2 Å². The van der Waals surface area contributed by atoms with Gasteiger partial charge in [0.05, 0.1) is 0 Å². The van der Waals surface area contributed by atoms with E-state index in [9.17, 15) is 14.7 Å². The Morgan fingerprint density at radius 2 is 0.902 bits per heavy atom. The Labute approximate surface area is 255 Å². The normalized spacial score (nSPS) is 12.1. The molecular weight excluding hydrogens is 510 g/mol. The number of carbonyl (C=O) groups is 2. The predicted molar refractivity (Wildman–Crippen MR) is 176 cm³/mol. The molecule has 0 saturated carbocycles. The van der Waals surface area contributed by atoms with Gasteiger partial charge in [0, 0.05) is 12.8 Å². The third kappa shape index (κ3) is 26.4. The molecule has 0 aliphatic carbocycles. The monoisotopic (exact) mass is 582 g/mol. The van der Waals surface area contributed by atoms with Crippen molar-refractivity contribution in [2.45, 2.75) is 193 Å². The van der Waals surface area contributed by atoms with E-state index in [1.807, 2.05) is 0 Å². The van der Waals surface area contributed by atoms with Crippen molar-refractivity contribution >= 4 is 11.8 Å². The molecule has 1 atom stereocenters. The number of hydrogen-bond acceptors (Lipinski definition) is 5. The van der Waals surface area contributed by atoms with E-state index < -0.39 is 6.23 Å². The van der Waals surface area contributed by atoms with Gasteiger partial charge in [-0.25, -0.2) is 0 Å². The van der Waals surface area contributed by atoms with E-state index in [1.54, 1.807) is 0 Å². The molecule has 0 radical (unpaired) electrons. The first-order valence-electron chi connectivity index (χ1n) is 18.0. The van der Waals surface area contributed by atoms with Gasteiger partial charge in [0.25, 0.3) is 0 Å². The van der Waals surface area contributed by atoms with E-state index in [0.29, 0.717) is 25.8 Å². The van der Waals surface area contributed by atoms with Crippen molar-refractivity contribution in [2.24, 2.45) is 5.73 Å². The third-order valence-corrected chi connectivity index (χ3v) is 8.20. The number of carbonyl (C=O) groups excluding carboxylic acids is 2. The lowest BCUT2D eigenvalue weighted by molar-refractivity contribution is -0.156. The zero-order valence-corrected chi connectivity index (χ0v) is 27.6. The second-order valence-corrected chi connectivity index (χ2v) is 12.2. The molecule has 1 unspecified atom stereocenters. The summed E-state index contributed by atoms with van der Waals surface area (Å²) >= 11 is 0. The number of nitrogens with one attached hydrogen (secondary N) is 1. The summed E-state index contributed by atoms with van der Waals surface area (Å²) < 4.78 is 0. The number of imide groups is 1. The lowest BCUT2D eigenvalue weighted by Gasteiger charge is -2.26. The summed E-state index contributed by atoms with van der Waals surface area (Å²) in [5.74, 6) is -0.393. The molecule has 0 saturated heterocycles. The minimum atomic E-state index is -1.02. The van der Waals surface area contributed by atoms with Gasteiger partial charge < -0.3 is 16.2 Å². The second kappa shape index (κ2) is 31.9. The summed E-state index contributed by atoms with van der Waals surface area (Å²) in [5, 5.41) is 14.2. The lowest BCUT2D eigenvalue weighted by Crippen LogP contribution is -2.45. The average molecular weight is 582 g/mol. The summed E-state index contributed by atoms with van der Waals surface area (Å²) in [6, 6.07) is 0. The van der Waals surface area contributed by atoms with E-state index in [4.69, 9.17) is 5.73 Å². The number of nitrogens with two attached hydrogens (primary N) is 1. The standard InChI is InChI=1S/C35H71N3O3/c1-3-5-7-9-11-13-15-17-19-21-23-27-33(39)38(35(41)29-25-31-37-32-26-30-36)34(40)28-24-22-20-18-16-14-12-10-8-6-4-2/h35,37,41H,3-32,36H2,1-2H3. The molecule has 0 aliphatic rings. The molecule has 2 amide bonds. The zero-order chi connectivity index (χ0) is 30.2. The molecule has 0 bridgehead atoms. The molecule has 6 nitrogen and oxygen atoms in total. The van der Waals surface area contributed by atoms with Gasteiger partial charge in [-0.15, -0.1) is 0 Å². The molecule has 244 valence electrons. The van der Waals surface area contributed by atoms with Gasteiger partial charge >= 0.3 is 0 Å². The van der Waals surface area contributed by atoms with Gasteiger partial charge in [-0.1, -0.05) is 142 Å². The smallest absolute Gasteiger partial charge is 0.231 e. The Morgan fingerprint density at radius 1 is 0.561 bits per heavy atom. The van der Waals surface area contributed by atoms with Crippen molar-refractivity contribution in [1.29, 1.82) is 0 Å². The Morgan fingerprint density at radius 3 is 1.27 bits per heavy atom. The van der Waals surface area contributed by atoms with Crippen LogP contribution < -0.4 is 11.1 Å². The molecule has 0 aliphatic heterocycles. The molecule has 4 N–H and O–H groups in total. The van der Waals surface area contributed by atoms with Gasteiger partial charge in [-0.05, 0) is 51.7 Å². The zero-order valence-electron chi connectivity index (χ0n) is 27.6. The first-order valence-corrected chi connectivity index (χ1v) is 18.0. The van der Waals surface area contributed by atoms with Gasteiger partial charge in [-0.2, -0.15) is 0 Å². The van der Waals surface area contributed by atoms with Crippen LogP contribution in [0.3, 0.4) is 0 Å². The van der Waals surface area contributed by atoms with Crippen molar-refractivity contribution < 1.29 is 14.7 Å². The van der Waals surface area contributed by atoms with Crippen LogP contribution in [0.4, 0.5) is 0 Å². The maximum absolute atomic E-state index is 13.1. The topological polar surface area (TPSA) is 95.7 Å². The summed E-state index contributed by atoms with van der Waals surface area (Å²) in [6.07, 6.45) is 28.7. The highest BCUT2D eigenvalue weighted by Gasteiger charge is 2.27. The number of nitrogens with zero attached hydrogens (tertiary/aromatic N) is 1. The molecule has 0 spiro atoms. The third-order valence-electron chi connectivity index (χ3n) is 8.20. The van der Waals surface area contributed by atoms with Crippen LogP contribution in [0.15, 0.2) is 0 Å². The van der Waals surface area contributed by atoms with Crippen molar-refractivity contribution in [1.82, 2.24) is 10.2 Å². The van der Waals surface area contributed by atoms with Crippen molar-refractivity contribution in [3.8, 4) is 0 Å². The summed E-state index contributed by atoms with van der Waals surface area (Å²) in [6.45, 7) is 6.77. The Bertz CT molecular complexity index is 535. The fraction of sp³-hybridized carbons (Fsp3) is 0.943. The molecule has 0 aromatic rings. The van der Waals surface area contributed by atoms with Gasteiger partial charge in [0.15, 0.2) is 0 Å². The number of aliphatic hydroxyl groups is 1. The number of rotatable bonds is 32. The molecule has 0 rings (SSSR count). The number of amides is 2. The first-order chi connectivity index (χ1) is 20.1. The van der Waals surface area contributed by atoms with Crippen LogP contribution in [0.1, 0.15) is 187 Å². The molecule has 0 fully saturated rings. The fourth-order valence-electron chi connectivity index (χ4n) is 5.48. The Balaban J connectivity index is 4.34. The SMILES string of the molecule is CCCCCCCCCCCCCC(=O)N(C(=O)CCCCCCCCCCCCC)C(O)CCCNCCCN. The highest BCUT2D eigenvalue weighted by atomic mass is 16.3. The van der Waals surface area contributed by atoms with E-state index >= 15 is 0 Å². The van der Waals surface area contributed by atoms with Crippen LogP contribution >= 0.6 is 0 Å². The van der Waals surface area contributed by atoms with Crippen molar-refractivity contribution in [3.63, 3.8) is 0 Å². The van der Waals surface area contributed by atoms with E-state index in [-0.39, 0.29) is 11.8 Å².